The fraction of sp³-hybridized carbons (Fsp3) is 0.529. The summed E-state index contributed by atoms with van der Waals surface area (Å²) in [5.74, 6) is -0.0383. The van der Waals surface area contributed by atoms with Crippen molar-refractivity contribution >= 4 is 40.7 Å². The summed E-state index contributed by atoms with van der Waals surface area (Å²) in [5, 5.41) is 3.44. The van der Waals surface area contributed by atoms with Gasteiger partial charge in [-0.2, -0.15) is 0 Å². The Bertz CT molecular complexity index is 579. The summed E-state index contributed by atoms with van der Waals surface area (Å²) >= 11 is 11.7. The first-order chi connectivity index (χ1) is 11.2. The third-order valence-corrected chi connectivity index (χ3v) is 4.11. The number of anilines is 1. The zero-order valence-electron chi connectivity index (χ0n) is 14.4. The summed E-state index contributed by atoms with van der Waals surface area (Å²) in [6.07, 6.45) is 0.311. The Morgan fingerprint density at radius 3 is 2.46 bits per heavy atom. The van der Waals surface area contributed by atoms with Gasteiger partial charge in [-0.15, -0.1) is 0 Å². The number of carbonyl (C=O) groups excluding carboxylic acids is 2. The van der Waals surface area contributed by atoms with Gasteiger partial charge in [-0.05, 0) is 37.5 Å². The third-order valence-electron chi connectivity index (χ3n) is 3.37. The Hall–Kier alpha value is -1.30. The Morgan fingerprint density at radius 1 is 1.21 bits per heavy atom. The van der Waals surface area contributed by atoms with E-state index in [1.807, 2.05) is 0 Å². The van der Waals surface area contributed by atoms with Crippen LogP contribution in [-0.4, -0.2) is 43.0 Å². The van der Waals surface area contributed by atoms with E-state index in [1.165, 1.54) is 4.90 Å². The number of hydrogen-bond acceptors (Lipinski definition) is 3. The molecule has 1 unspecified atom stereocenters. The molecule has 7 heteroatoms. The molecule has 0 aliphatic rings. The van der Waals surface area contributed by atoms with Crippen LogP contribution in [0.15, 0.2) is 18.2 Å². The zero-order valence-corrected chi connectivity index (χ0v) is 15.9. The molecule has 1 aromatic carbocycles. The van der Waals surface area contributed by atoms with Crippen LogP contribution in [0.5, 0.6) is 0 Å². The van der Waals surface area contributed by atoms with Crippen molar-refractivity contribution in [1.82, 2.24) is 4.90 Å². The predicted molar refractivity (Wildman–Crippen MR) is 97.6 cm³/mol. The van der Waals surface area contributed by atoms with Crippen molar-refractivity contribution < 1.29 is 14.3 Å². The second-order valence-electron chi connectivity index (χ2n) is 6.07. The first-order valence-electron chi connectivity index (χ1n) is 7.82. The van der Waals surface area contributed by atoms with E-state index in [9.17, 15) is 9.59 Å². The number of amides is 2. The number of likely N-dealkylation sites (N-methyl/N-ethyl adjacent to an activating group) is 1. The van der Waals surface area contributed by atoms with Crippen molar-refractivity contribution in [3.8, 4) is 0 Å². The van der Waals surface area contributed by atoms with Gasteiger partial charge in [-0.1, -0.05) is 37.0 Å². The van der Waals surface area contributed by atoms with Crippen LogP contribution < -0.4 is 5.32 Å². The lowest BCUT2D eigenvalue weighted by molar-refractivity contribution is -0.143. The highest BCUT2D eigenvalue weighted by atomic mass is 35.5. The highest BCUT2D eigenvalue weighted by Gasteiger charge is 2.20. The van der Waals surface area contributed by atoms with Crippen LogP contribution in [0, 0.1) is 5.92 Å². The number of ether oxygens (including phenoxy) is 1. The number of hydrogen-bond donors (Lipinski definition) is 1. The molecule has 1 N–H and O–H groups in total. The van der Waals surface area contributed by atoms with E-state index < -0.39 is 6.10 Å². The van der Waals surface area contributed by atoms with E-state index in [2.05, 4.69) is 19.2 Å². The minimum absolute atomic E-state index is 0.0725. The zero-order chi connectivity index (χ0) is 18.3. The summed E-state index contributed by atoms with van der Waals surface area (Å²) in [4.78, 5) is 25.6. The van der Waals surface area contributed by atoms with Gasteiger partial charge in [-0.3, -0.25) is 9.59 Å². The molecule has 5 nitrogen and oxygen atoms in total. The van der Waals surface area contributed by atoms with Crippen LogP contribution in [0.25, 0.3) is 0 Å². The normalized spacial score (nSPS) is 12.1. The maximum Gasteiger partial charge on any atom is 0.251 e. The molecule has 0 saturated heterocycles. The average Bonchev–Trinajstić information content (AvgIpc) is 2.49. The molecule has 0 saturated carbocycles. The Morgan fingerprint density at radius 2 is 1.88 bits per heavy atom. The molecule has 1 aromatic rings. The average molecular weight is 375 g/mol. The minimum atomic E-state index is -0.577. The molecule has 0 aromatic heterocycles. The third kappa shape index (κ3) is 7.07. The van der Waals surface area contributed by atoms with Gasteiger partial charge in [-0.25, -0.2) is 0 Å². The lowest BCUT2D eigenvalue weighted by Crippen LogP contribution is -2.41. The number of rotatable bonds is 8. The molecule has 24 heavy (non-hydrogen) atoms. The van der Waals surface area contributed by atoms with Crippen molar-refractivity contribution in [2.24, 2.45) is 5.92 Å². The molecule has 0 heterocycles. The SMILES string of the molecule is CC(C)CCOC(C)C(=O)N(C)CC(=O)Nc1ccc(Cl)c(Cl)c1. The molecule has 0 bridgehead atoms. The molecule has 0 aliphatic heterocycles. The maximum atomic E-state index is 12.2. The van der Waals surface area contributed by atoms with Gasteiger partial charge in [0.1, 0.15) is 6.10 Å². The molecule has 0 spiro atoms. The Balaban J connectivity index is 2.47. The largest absolute Gasteiger partial charge is 0.369 e. The maximum absolute atomic E-state index is 12.2. The van der Waals surface area contributed by atoms with Gasteiger partial charge in [0.2, 0.25) is 5.91 Å². The summed E-state index contributed by atoms with van der Waals surface area (Å²) in [7, 11) is 1.57. The smallest absolute Gasteiger partial charge is 0.251 e. The summed E-state index contributed by atoms with van der Waals surface area (Å²) in [6.45, 7) is 6.32. The molecule has 1 atom stereocenters. The van der Waals surface area contributed by atoms with Gasteiger partial charge in [0.25, 0.3) is 5.91 Å². The van der Waals surface area contributed by atoms with Crippen molar-refractivity contribution in [2.45, 2.75) is 33.3 Å². The molecule has 0 fully saturated rings. The van der Waals surface area contributed by atoms with E-state index in [0.717, 1.165) is 6.42 Å². The Kier molecular flexibility index (Phi) is 8.53. The first kappa shape index (κ1) is 20.7. The number of halogens is 2. The van der Waals surface area contributed by atoms with Crippen LogP contribution in [0.2, 0.25) is 10.0 Å². The highest BCUT2D eigenvalue weighted by Crippen LogP contribution is 2.24. The van der Waals surface area contributed by atoms with E-state index in [-0.39, 0.29) is 18.4 Å². The van der Waals surface area contributed by atoms with Crippen LogP contribution >= 0.6 is 23.2 Å². The van der Waals surface area contributed by atoms with Crippen molar-refractivity contribution in [3.05, 3.63) is 28.2 Å². The summed E-state index contributed by atoms with van der Waals surface area (Å²) in [6, 6.07) is 4.80. The molecule has 2 amide bonds. The van der Waals surface area contributed by atoms with Crippen LogP contribution in [0.1, 0.15) is 27.2 Å². The van der Waals surface area contributed by atoms with Gasteiger partial charge >= 0.3 is 0 Å². The van der Waals surface area contributed by atoms with Crippen LogP contribution in [0.3, 0.4) is 0 Å². The number of carbonyl (C=O) groups is 2. The predicted octanol–water partition coefficient (Wildman–Crippen LogP) is 3.84. The van der Waals surface area contributed by atoms with E-state index in [0.29, 0.717) is 28.3 Å². The Labute approximate surface area is 153 Å². The topological polar surface area (TPSA) is 58.6 Å². The number of nitrogens with zero attached hydrogens (tertiary/aromatic N) is 1. The summed E-state index contributed by atoms with van der Waals surface area (Å²) in [5.41, 5.74) is 0.525. The molecular formula is C17H24Cl2N2O3. The van der Waals surface area contributed by atoms with E-state index >= 15 is 0 Å². The molecule has 0 radical (unpaired) electrons. The van der Waals surface area contributed by atoms with E-state index in [4.69, 9.17) is 27.9 Å². The van der Waals surface area contributed by atoms with Crippen LogP contribution in [0.4, 0.5) is 5.69 Å². The number of nitrogens with one attached hydrogen (secondary N) is 1. The quantitative estimate of drug-likeness (QED) is 0.751. The molecule has 134 valence electrons. The first-order valence-corrected chi connectivity index (χ1v) is 8.57. The minimum Gasteiger partial charge on any atom is -0.369 e. The van der Waals surface area contributed by atoms with Crippen molar-refractivity contribution in [1.29, 1.82) is 0 Å². The van der Waals surface area contributed by atoms with Gasteiger partial charge in [0.15, 0.2) is 0 Å². The van der Waals surface area contributed by atoms with Crippen molar-refractivity contribution in [3.63, 3.8) is 0 Å². The standard InChI is InChI=1S/C17H24Cl2N2O3/c1-11(2)7-8-24-12(3)17(23)21(4)10-16(22)20-13-5-6-14(18)15(19)9-13/h5-6,9,11-12H,7-8,10H2,1-4H3,(H,20,22). The lowest BCUT2D eigenvalue weighted by atomic mass is 10.1. The van der Waals surface area contributed by atoms with Crippen molar-refractivity contribution in [2.75, 3.05) is 25.5 Å². The molecule has 0 aliphatic carbocycles. The van der Waals surface area contributed by atoms with Gasteiger partial charge in [0, 0.05) is 19.3 Å². The fourth-order valence-electron chi connectivity index (χ4n) is 1.93. The molecular weight excluding hydrogens is 351 g/mol. The van der Waals surface area contributed by atoms with Gasteiger partial charge in [0.05, 0.1) is 16.6 Å². The van der Waals surface area contributed by atoms with E-state index in [1.54, 1.807) is 32.2 Å². The highest BCUT2D eigenvalue weighted by molar-refractivity contribution is 6.42. The molecule has 1 rings (SSSR count). The number of benzene rings is 1. The summed E-state index contributed by atoms with van der Waals surface area (Å²) < 4.78 is 5.51. The van der Waals surface area contributed by atoms with Gasteiger partial charge < -0.3 is 15.0 Å². The second kappa shape index (κ2) is 9.87. The second-order valence-corrected chi connectivity index (χ2v) is 6.88. The van der Waals surface area contributed by atoms with Crippen LogP contribution in [-0.2, 0) is 14.3 Å². The fourth-order valence-corrected chi connectivity index (χ4v) is 2.23. The monoisotopic (exact) mass is 374 g/mol. The lowest BCUT2D eigenvalue weighted by Gasteiger charge is -2.21.